The Hall–Kier alpha value is -3.52. The van der Waals surface area contributed by atoms with Gasteiger partial charge < -0.3 is 0 Å². The minimum Gasteiger partial charge on any atom is -0.193 e. The van der Waals surface area contributed by atoms with E-state index in [1.54, 1.807) is 6.08 Å². The summed E-state index contributed by atoms with van der Waals surface area (Å²) >= 11 is 0. The summed E-state index contributed by atoms with van der Waals surface area (Å²) < 4.78 is 78.8. The first-order valence-electron chi connectivity index (χ1n) is 11.6. The number of hydrogen-bond donors (Lipinski definition) is 0. The number of nitriles is 2. The molecule has 0 amide bonds. The van der Waals surface area contributed by atoms with E-state index >= 15 is 0 Å². The van der Waals surface area contributed by atoms with E-state index in [1.165, 1.54) is 18.2 Å². The van der Waals surface area contributed by atoms with Crippen molar-refractivity contribution in [2.75, 3.05) is 0 Å². The van der Waals surface area contributed by atoms with Crippen LogP contribution in [0.25, 0.3) is 12.2 Å². The molecular weight excluding hydrogens is 478 g/mol. The number of alkyl halides is 6. The summed E-state index contributed by atoms with van der Waals surface area (Å²) in [4.78, 5) is 0. The van der Waals surface area contributed by atoms with E-state index in [0.29, 0.717) is 10.4 Å². The van der Waals surface area contributed by atoms with E-state index in [0.717, 1.165) is 37.3 Å². The maximum absolute atomic E-state index is 13.1. The molecule has 1 aliphatic rings. The van der Waals surface area contributed by atoms with Crippen LogP contribution in [0.1, 0.15) is 54.4 Å². The Morgan fingerprint density at radius 2 is 1.42 bits per heavy atom. The Bertz CT molecular complexity index is 1320. The van der Waals surface area contributed by atoms with E-state index < -0.39 is 31.1 Å². The molecule has 1 aliphatic carbocycles. The van der Waals surface area contributed by atoms with Crippen molar-refractivity contribution in [1.29, 1.82) is 10.5 Å². The van der Waals surface area contributed by atoms with Gasteiger partial charge in [-0.1, -0.05) is 62.2 Å². The third-order valence-corrected chi connectivity index (χ3v) is 5.95. The molecule has 0 saturated carbocycles. The lowest BCUT2D eigenvalue weighted by molar-refractivity contribution is -0.127. The molecule has 0 spiro atoms. The molecule has 188 valence electrons. The van der Waals surface area contributed by atoms with Crippen molar-refractivity contribution in [3.05, 3.63) is 80.2 Å². The van der Waals surface area contributed by atoms with Crippen molar-refractivity contribution >= 4 is 12.2 Å². The Labute approximate surface area is 205 Å². The van der Waals surface area contributed by atoms with Gasteiger partial charge in [0, 0.05) is 5.92 Å². The van der Waals surface area contributed by atoms with Gasteiger partial charge in [0.1, 0.15) is 6.07 Å². The highest BCUT2D eigenvalue weighted by atomic mass is 19.4. The minimum absolute atomic E-state index is 0.0230. The summed E-state index contributed by atoms with van der Waals surface area (Å²) in [5, 5.41) is 20.9. The Balaban J connectivity index is 2.22. The van der Waals surface area contributed by atoms with Crippen molar-refractivity contribution in [3.8, 4) is 12.1 Å². The van der Waals surface area contributed by atoms with Gasteiger partial charge in [-0.25, -0.2) is 0 Å². The summed E-state index contributed by atoms with van der Waals surface area (Å²) in [7, 11) is 0. The molecule has 0 saturated heterocycles. The fraction of sp³-hybridized carbons (Fsp3) is 0.357. The number of aryl methyl sites for hydroxylation is 1. The van der Waals surface area contributed by atoms with E-state index in [9.17, 15) is 36.9 Å². The highest BCUT2D eigenvalue weighted by molar-refractivity contribution is 5.69. The highest BCUT2D eigenvalue weighted by Crippen LogP contribution is 2.34. The van der Waals surface area contributed by atoms with Crippen molar-refractivity contribution in [3.63, 3.8) is 0 Å². The van der Waals surface area contributed by atoms with Crippen LogP contribution in [0.15, 0.2) is 47.5 Å². The number of nitrogens with zero attached hydrogens (tertiary/aromatic N) is 2. The van der Waals surface area contributed by atoms with Crippen LogP contribution in [0.4, 0.5) is 26.3 Å². The lowest BCUT2D eigenvalue weighted by atomic mass is 9.86. The SMILES string of the molecule is CCCCCc1ccc2c(c1)=CC(c1cc(CC(F)(F)F)cc(CC(F)(F)F)c1)C(C#N)=C(C#N)C=2. The zero-order chi connectivity index (χ0) is 26.5. The Morgan fingerprint density at radius 3 is 1.94 bits per heavy atom. The summed E-state index contributed by atoms with van der Waals surface area (Å²) in [6.45, 7) is 2.09. The Kier molecular flexibility index (Phi) is 8.30. The van der Waals surface area contributed by atoms with Crippen LogP contribution in [-0.4, -0.2) is 12.4 Å². The number of rotatable bonds is 7. The summed E-state index contributed by atoms with van der Waals surface area (Å²) in [5.74, 6) is -0.979. The van der Waals surface area contributed by atoms with E-state index in [1.807, 2.05) is 30.3 Å². The van der Waals surface area contributed by atoms with Crippen LogP contribution in [0.5, 0.6) is 0 Å². The minimum atomic E-state index is -4.62. The highest BCUT2D eigenvalue weighted by Gasteiger charge is 2.32. The van der Waals surface area contributed by atoms with Gasteiger partial charge in [0.05, 0.1) is 30.1 Å². The van der Waals surface area contributed by atoms with Gasteiger partial charge in [-0.2, -0.15) is 36.9 Å². The van der Waals surface area contributed by atoms with Gasteiger partial charge in [0.15, 0.2) is 0 Å². The zero-order valence-corrected chi connectivity index (χ0v) is 19.6. The van der Waals surface area contributed by atoms with Crippen molar-refractivity contribution in [1.82, 2.24) is 0 Å². The molecule has 0 bridgehead atoms. The number of unbranched alkanes of at least 4 members (excludes halogenated alkanes) is 2. The average Bonchev–Trinajstić information content (AvgIpc) is 2.92. The largest absolute Gasteiger partial charge is 0.393 e. The van der Waals surface area contributed by atoms with Crippen LogP contribution in [0, 0.1) is 22.7 Å². The van der Waals surface area contributed by atoms with Crippen molar-refractivity contribution < 1.29 is 26.3 Å². The van der Waals surface area contributed by atoms with Crippen LogP contribution in [-0.2, 0) is 19.3 Å². The van der Waals surface area contributed by atoms with Crippen LogP contribution < -0.4 is 10.4 Å². The molecule has 0 aromatic heterocycles. The predicted molar refractivity (Wildman–Crippen MR) is 125 cm³/mol. The molecule has 0 radical (unpaired) electrons. The lowest BCUT2D eigenvalue weighted by Gasteiger charge is -2.18. The first kappa shape index (κ1) is 27.1. The summed E-state index contributed by atoms with van der Waals surface area (Å²) in [6.07, 6.45) is -5.00. The second kappa shape index (κ2) is 11.0. The fourth-order valence-corrected chi connectivity index (χ4v) is 4.42. The molecule has 2 aromatic rings. The molecule has 1 unspecified atom stereocenters. The quantitative estimate of drug-likeness (QED) is 0.328. The van der Waals surface area contributed by atoms with E-state index in [4.69, 9.17) is 0 Å². The molecule has 0 fully saturated rings. The van der Waals surface area contributed by atoms with Gasteiger partial charge in [-0.3, -0.25) is 0 Å². The van der Waals surface area contributed by atoms with Gasteiger partial charge in [0.25, 0.3) is 0 Å². The number of allylic oxidation sites excluding steroid dienone is 2. The predicted octanol–water partition coefficient (Wildman–Crippen LogP) is 6.33. The molecule has 2 aromatic carbocycles. The van der Waals surface area contributed by atoms with Gasteiger partial charge in [-0.15, -0.1) is 0 Å². The normalized spacial score (nSPS) is 15.8. The first-order valence-corrected chi connectivity index (χ1v) is 11.6. The van der Waals surface area contributed by atoms with Crippen LogP contribution >= 0.6 is 0 Å². The van der Waals surface area contributed by atoms with Gasteiger partial charge >= 0.3 is 12.4 Å². The molecule has 3 rings (SSSR count). The second-order valence-electron chi connectivity index (χ2n) is 8.93. The monoisotopic (exact) mass is 502 g/mol. The fourth-order valence-electron chi connectivity index (χ4n) is 4.42. The molecule has 8 heteroatoms. The Morgan fingerprint density at radius 1 is 0.778 bits per heavy atom. The number of benzene rings is 2. The third-order valence-electron chi connectivity index (χ3n) is 5.95. The second-order valence-corrected chi connectivity index (χ2v) is 8.93. The lowest BCUT2D eigenvalue weighted by Crippen LogP contribution is -2.25. The molecule has 2 nitrogen and oxygen atoms in total. The number of fused-ring (bicyclic) bond motifs is 1. The molecule has 0 heterocycles. The maximum Gasteiger partial charge on any atom is 0.393 e. The molecule has 36 heavy (non-hydrogen) atoms. The van der Waals surface area contributed by atoms with Gasteiger partial charge in [-0.05, 0) is 51.6 Å². The first-order chi connectivity index (χ1) is 16.9. The van der Waals surface area contributed by atoms with Crippen LogP contribution in [0.2, 0.25) is 0 Å². The van der Waals surface area contributed by atoms with Crippen molar-refractivity contribution in [2.24, 2.45) is 0 Å². The molecular formula is C28H24F6N2. The smallest absolute Gasteiger partial charge is 0.193 e. The maximum atomic E-state index is 13.1. The number of hydrogen-bond acceptors (Lipinski definition) is 2. The van der Waals surface area contributed by atoms with Crippen LogP contribution in [0.3, 0.4) is 0 Å². The molecule has 0 aliphatic heterocycles. The molecule has 1 atom stereocenters. The summed E-state index contributed by atoms with van der Waals surface area (Å²) in [5.41, 5.74) is 0.472. The van der Waals surface area contributed by atoms with Gasteiger partial charge in [0.2, 0.25) is 0 Å². The molecule has 0 N–H and O–H groups in total. The van der Waals surface area contributed by atoms with E-state index in [2.05, 4.69) is 6.92 Å². The standard InChI is InChI=1S/C28H24F6N2/c1-2-3-4-5-18-6-7-21-12-24(16-35)26(17-36)25(13-22(21)9-18)23-10-19(14-27(29,30)31)8-20(11-23)15-28(32,33)34/h6-13,25H,2-5,14-15H2,1H3. The third kappa shape index (κ3) is 7.24. The number of halogens is 6. The topological polar surface area (TPSA) is 47.6 Å². The summed E-state index contributed by atoms with van der Waals surface area (Å²) in [6, 6.07) is 12.8. The zero-order valence-electron chi connectivity index (χ0n) is 19.6. The average molecular weight is 503 g/mol. The van der Waals surface area contributed by atoms with E-state index in [-0.39, 0.29) is 27.8 Å². The van der Waals surface area contributed by atoms with Crippen molar-refractivity contribution in [2.45, 2.75) is 63.7 Å².